The third-order valence-corrected chi connectivity index (χ3v) is 6.77. The minimum absolute atomic E-state index is 0.00874. The summed E-state index contributed by atoms with van der Waals surface area (Å²) in [6.45, 7) is 6.38. The second kappa shape index (κ2) is 9.92. The van der Waals surface area contributed by atoms with Gasteiger partial charge < -0.3 is 19.4 Å². The van der Waals surface area contributed by atoms with Crippen LogP contribution in [0.4, 0.5) is 15.8 Å². The van der Waals surface area contributed by atoms with Gasteiger partial charge in [0.05, 0.1) is 24.5 Å². The predicted octanol–water partition coefficient (Wildman–Crippen LogP) is 3.55. The Kier molecular flexibility index (Phi) is 7.01. The van der Waals surface area contributed by atoms with E-state index in [1.807, 2.05) is 28.2 Å². The van der Waals surface area contributed by atoms with E-state index < -0.39 is 5.82 Å². The first-order valence-corrected chi connectivity index (χ1v) is 12.1. The van der Waals surface area contributed by atoms with Gasteiger partial charge in [-0.2, -0.15) is 0 Å². The zero-order valence-corrected chi connectivity index (χ0v) is 19.3. The second-order valence-electron chi connectivity index (χ2n) is 7.98. The monoisotopic (exact) mass is 457 g/mol. The maximum Gasteiger partial charge on any atom is 0.256 e. The van der Waals surface area contributed by atoms with Gasteiger partial charge in [-0.05, 0) is 49.6 Å². The smallest absolute Gasteiger partial charge is 0.256 e. The summed E-state index contributed by atoms with van der Waals surface area (Å²) < 4.78 is 20.0. The number of thioether (sulfide) groups is 1. The molecule has 1 amide bonds. The molecule has 2 aromatic rings. The Balaban J connectivity index is 1.49. The predicted molar refractivity (Wildman–Crippen MR) is 126 cm³/mol. The Morgan fingerprint density at radius 3 is 2.19 bits per heavy atom. The van der Waals surface area contributed by atoms with Crippen molar-refractivity contribution in [2.24, 2.45) is 0 Å². The number of nitrogens with zero attached hydrogens (tertiary/aromatic N) is 3. The number of anilines is 2. The average molecular weight is 458 g/mol. The van der Waals surface area contributed by atoms with E-state index in [1.54, 1.807) is 23.9 Å². The molecule has 0 radical (unpaired) electrons. The Bertz CT molecular complexity index is 1000. The van der Waals surface area contributed by atoms with Gasteiger partial charge in [-0.15, -0.1) is 11.8 Å². The van der Waals surface area contributed by atoms with Crippen molar-refractivity contribution >= 4 is 34.8 Å². The molecule has 0 bridgehead atoms. The molecule has 170 valence electrons. The van der Waals surface area contributed by atoms with Gasteiger partial charge in [0.2, 0.25) is 0 Å². The van der Waals surface area contributed by atoms with Gasteiger partial charge in [0.25, 0.3) is 5.91 Å². The highest BCUT2D eigenvalue weighted by Gasteiger charge is 2.27. The summed E-state index contributed by atoms with van der Waals surface area (Å²) in [6, 6.07) is 10.7. The van der Waals surface area contributed by atoms with E-state index in [0.29, 0.717) is 56.2 Å². The van der Waals surface area contributed by atoms with Crippen LogP contribution in [0, 0.1) is 5.82 Å². The topological polar surface area (TPSA) is 53.1 Å². The summed E-state index contributed by atoms with van der Waals surface area (Å²) in [7, 11) is 0. The molecular formula is C24H28FN3O3S. The lowest BCUT2D eigenvalue weighted by molar-refractivity contribution is 0.0745. The maximum atomic E-state index is 14.6. The zero-order chi connectivity index (χ0) is 22.7. The molecule has 6 nitrogen and oxygen atoms in total. The quantitative estimate of drug-likeness (QED) is 0.506. The standard InChI is InChI=1S/C24H28FN3O3S/c1-17(29)18-3-5-23(21(25)15-18)26-7-9-28(10-8-26)24(30)20-16-19(32-2)4-6-22(20)27-11-13-31-14-12-27/h3-6,15-16H,7-14H2,1-2H3. The zero-order valence-electron chi connectivity index (χ0n) is 18.5. The van der Waals surface area contributed by atoms with Crippen molar-refractivity contribution in [2.75, 3.05) is 68.5 Å². The number of amides is 1. The summed E-state index contributed by atoms with van der Waals surface area (Å²) >= 11 is 1.62. The molecule has 2 aromatic carbocycles. The molecule has 0 N–H and O–H groups in total. The number of morpholine rings is 1. The molecule has 0 spiro atoms. The summed E-state index contributed by atoms with van der Waals surface area (Å²) in [4.78, 5) is 32.0. The van der Waals surface area contributed by atoms with E-state index in [4.69, 9.17) is 4.74 Å². The molecule has 0 saturated carbocycles. The highest BCUT2D eigenvalue weighted by atomic mass is 32.2. The van der Waals surface area contributed by atoms with Gasteiger partial charge in [0.15, 0.2) is 5.78 Å². The van der Waals surface area contributed by atoms with Gasteiger partial charge >= 0.3 is 0 Å². The number of carbonyl (C=O) groups excluding carboxylic acids is 2. The second-order valence-corrected chi connectivity index (χ2v) is 8.86. The van der Waals surface area contributed by atoms with Crippen LogP contribution in [0.15, 0.2) is 41.3 Å². The highest BCUT2D eigenvalue weighted by Crippen LogP contribution is 2.29. The van der Waals surface area contributed by atoms with Crippen LogP contribution in [0.2, 0.25) is 0 Å². The molecule has 0 unspecified atom stereocenters. The fraction of sp³-hybridized carbons (Fsp3) is 0.417. The molecule has 32 heavy (non-hydrogen) atoms. The SMILES string of the molecule is CSc1ccc(N2CCOCC2)c(C(=O)N2CCN(c3ccc(C(C)=O)cc3F)CC2)c1. The van der Waals surface area contributed by atoms with Crippen molar-refractivity contribution in [3.63, 3.8) is 0 Å². The van der Waals surface area contributed by atoms with Gasteiger partial charge in [-0.25, -0.2) is 4.39 Å². The van der Waals surface area contributed by atoms with Crippen molar-refractivity contribution in [3.8, 4) is 0 Å². The Labute approximate surface area is 192 Å². The minimum atomic E-state index is -0.403. The molecule has 0 aromatic heterocycles. The molecule has 4 rings (SSSR count). The van der Waals surface area contributed by atoms with Gasteiger partial charge in [-0.1, -0.05) is 0 Å². The van der Waals surface area contributed by atoms with E-state index in [0.717, 1.165) is 23.7 Å². The first-order chi connectivity index (χ1) is 15.5. The van der Waals surface area contributed by atoms with Crippen LogP contribution in [0.5, 0.6) is 0 Å². The minimum Gasteiger partial charge on any atom is -0.378 e. The summed E-state index contributed by atoms with van der Waals surface area (Å²) in [5, 5.41) is 0. The number of halogens is 1. The third-order valence-electron chi connectivity index (χ3n) is 6.05. The number of benzene rings is 2. The normalized spacial score (nSPS) is 16.9. The summed E-state index contributed by atoms with van der Waals surface area (Å²) in [6.07, 6.45) is 2.00. The Morgan fingerprint density at radius 2 is 1.56 bits per heavy atom. The Morgan fingerprint density at radius 1 is 0.906 bits per heavy atom. The number of hydrogen-bond acceptors (Lipinski definition) is 6. The van der Waals surface area contributed by atoms with Crippen LogP contribution in [0.3, 0.4) is 0 Å². The molecule has 2 aliphatic heterocycles. The van der Waals surface area contributed by atoms with E-state index in [-0.39, 0.29) is 11.7 Å². The first-order valence-electron chi connectivity index (χ1n) is 10.8. The number of carbonyl (C=O) groups is 2. The van der Waals surface area contributed by atoms with Gasteiger partial charge in [0, 0.05) is 55.4 Å². The number of ketones is 1. The van der Waals surface area contributed by atoms with E-state index in [2.05, 4.69) is 11.0 Å². The van der Waals surface area contributed by atoms with Crippen LogP contribution in [0.1, 0.15) is 27.6 Å². The first kappa shape index (κ1) is 22.6. The van der Waals surface area contributed by atoms with E-state index >= 15 is 0 Å². The lowest BCUT2D eigenvalue weighted by Gasteiger charge is -2.37. The van der Waals surface area contributed by atoms with E-state index in [1.165, 1.54) is 13.0 Å². The van der Waals surface area contributed by atoms with Crippen LogP contribution < -0.4 is 9.80 Å². The lowest BCUT2D eigenvalue weighted by atomic mass is 10.1. The third kappa shape index (κ3) is 4.76. The fourth-order valence-corrected chi connectivity index (χ4v) is 4.64. The number of Topliss-reactive ketones (excluding diaryl/α,β-unsaturated/α-hetero) is 1. The van der Waals surface area contributed by atoms with Crippen LogP contribution in [-0.4, -0.2) is 75.3 Å². The molecule has 2 saturated heterocycles. The van der Waals surface area contributed by atoms with Crippen molar-refractivity contribution in [1.29, 1.82) is 0 Å². The number of hydrogen-bond donors (Lipinski definition) is 0. The van der Waals surface area contributed by atoms with Gasteiger partial charge in [0.1, 0.15) is 5.82 Å². The molecule has 2 aliphatic rings. The van der Waals surface area contributed by atoms with E-state index in [9.17, 15) is 14.0 Å². The number of piperazine rings is 1. The molecular weight excluding hydrogens is 429 g/mol. The Hall–Kier alpha value is -2.58. The van der Waals surface area contributed by atoms with Gasteiger partial charge in [-0.3, -0.25) is 9.59 Å². The van der Waals surface area contributed by atoms with Crippen molar-refractivity contribution in [1.82, 2.24) is 4.90 Å². The lowest BCUT2D eigenvalue weighted by Crippen LogP contribution is -2.49. The van der Waals surface area contributed by atoms with Crippen molar-refractivity contribution in [2.45, 2.75) is 11.8 Å². The molecule has 0 aliphatic carbocycles. The summed E-state index contributed by atoms with van der Waals surface area (Å²) in [5.74, 6) is -0.552. The molecule has 8 heteroatoms. The highest BCUT2D eigenvalue weighted by molar-refractivity contribution is 7.98. The largest absolute Gasteiger partial charge is 0.378 e. The van der Waals surface area contributed by atoms with Crippen molar-refractivity contribution in [3.05, 3.63) is 53.3 Å². The number of ether oxygens (including phenoxy) is 1. The summed E-state index contributed by atoms with van der Waals surface area (Å²) in [5.41, 5.74) is 2.50. The van der Waals surface area contributed by atoms with Crippen molar-refractivity contribution < 1.29 is 18.7 Å². The molecule has 2 heterocycles. The fourth-order valence-electron chi connectivity index (χ4n) is 4.20. The van der Waals surface area contributed by atoms with Crippen LogP contribution in [-0.2, 0) is 4.74 Å². The van der Waals surface area contributed by atoms with Crippen LogP contribution >= 0.6 is 11.8 Å². The van der Waals surface area contributed by atoms with Crippen LogP contribution in [0.25, 0.3) is 0 Å². The maximum absolute atomic E-state index is 14.6. The molecule has 0 atom stereocenters. The number of rotatable bonds is 5. The average Bonchev–Trinajstić information content (AvgIpc) is 2.83. The molecule has 2 fully saturated rings.